The minimum Gasteiger partial charge on any atom is -0.374 e. The standard InChI is InChI=1S/C13H15NO4S/c1-10-2-6-13(7-3-10)19(16,17)18-9-12-5-4-11(8-15)14-12/h2-3,6-7,12,14H,4-5,9H2,1H3/t12-/m0/s1. The Bertz CT molecular complexity index is 600. The molecule has 0 radical (unpaired) electrons. The molecule has 0 saturated carbocycles. The van der Waals surface area contributed by atoms with Crippen molar-refractivity contribution < 1.29 is 17.4 Å². The zero-order valence-electron chi connectivity index (χ0n) is 10.5. The first-order chi connectivity index (χ1) is 9.01. The van der Waals surface area contributed by atoms with Crippen molar-refractivity contribution in [1.29, 1.82) is 0 Å². The highest BCUT2D eigenvalue weighted by Crippen LogP contribution is 2.17. The van der Waals surface area contributed by atoms with Crippen LogP contribution in [-0.4, -0.2) is 27.0 Å². The predicted molar refractivity (Wildman–Crippen MR) is 69.7 cm³/mol. The van der Waals surface area contributed by atoms with Crippen molar-refractivity contribution >= 4 is 16.1 Å². The highest BCUT2D eigenvalue weighted by Gasteiger charge is 2.23. The summed E-state index contributed by atoms with van der Waals surface area (Å²) in [4.78, 5) is 10.6. The minimum absolute atomic E-state index is 0.0153. The van der Waals surface area contributed by atoms with E-state index in [1.165, 1.54) is 12.1 Å². The lowest BCUT2D eigenvalue weighted by Gasteiger charge is -2.11. The van der Waals surface area contributed by atoms with Crippen molar-refractivity contribution in [3.63, 3.8) is 0 Å². The van der Waals surface area contributed by atoms with Crippen molar-refractivity contribution in [3.8, 4) is 0 Å². The smallest absolute Gasteiger partial charge is 0.297 e. The zero-order valence-corrected chi connectivity index (χ0v) is 11.4. The Balaban J connectivity index is 1.99. The fourth-order valence-corrected chi connectivity index (χ4v) is 2.81. The van der Waals surface area contributed by atoms with Crippen LogP contribution in [0.2, 0.25) is 0 Å². The van der Waals surface area contributed by atoms with Gasteiger partial charge in [0.25, 0.3) is 10.1 Å². The van der Waals surface area contributed by atoms with Crippen molar-refractivity contribution in [2.75, 3.05) is 6.61 Å². The van der Waals surface area contributed by atoms with E-state index in [2.05, 4.69) is 5.32 Å². The Hall–Kier alpha value is -1.62. The number of carbonyl (C=O) groups excluding carboxylic acids is 1. The van der Waals surface area contributed by atoms with Crippen LogP contribution in [0.15, 0.2) is 34.9 Å². The third-order valence-electron chi connectivity index (χ3n) is 2.98. The molecule has 1 atom stereocenters. The van der Waals surface area contributed by atoms with Gasteiger partial charge in [-0.3, -0.25) is 4.18 Å². The van der Waals surface area contributed by atoms with E-state index in [-0.39, 0.29) is 17.5 Å². The number of hydrogen-bond donors (Lipinski definition) is 1. The Kier molecular flexibility index (Phi) is 4.04. The third kappa shape index (κ3) is 3.44. The highest BCUT2D eigenvalue weighted by atomic mass is 32.2. The van der Waals surface area contributed by atoms with Crippen LogP contribution in [0.25, 0.3) is 0 Å². The first-order valence-corrected chi connectivity index (χ1v) is 7.39. The summed E-state index contributed by atoms with van der Waals surface area (Å²) in [5.41, 5.74) is 1.46. The molecule has 1 aliphatic rings. The van der Waals surface area contributed by atoms with Crippen molar-refractivity contribution in [2.24, 2.45) is 0 Å². The molecule has 0 aromatic heterocycles. The molecule has 19 heavy (non-hydrogen) atoms. The van der Waals surface area contributed by atoms with Crippen molar-refractivity contribution in [1.82, 2.24) is 5.32 Å². The number of rotatable bonds is 4. The van der Waals surface area contributed by atoms with Crippen LogP contribution >= 0.6 is 0 Å². The molecule has 2 rings (SSSR count). The van der Waals surface area contributed by atoms with Gasteiger partial charge in [-0.1, -0.05) is 17.7 Å². The van der Waals surface area contributed by atoms with Gasteiger partial charge in [-0.25, -0.2) is 4.79 Å². The van der Waals surface area contributed by atoms with Crippen molar-refractivity contribution in [2.45, 2.75) is 30.7 Å². The SMILES string of the molecule is Cc1ccc(S(=O)(=O)OC[C@@H]2CCC(=C=O)N2)cc1. The van der Waals surface area contributed by atoms with Gasteiger partial charge in [-0.05, 0) is 25.5 Å². The van der Waals surface area contributed by atoms with Crippen LogP contribution in [0.1, 0.15) is 18.4 Å². The summed E-state index contributed by atoms with van der Waals surface area (Å²) in [6.45, 7) is 1.90. The molecule has 102 valence electrons. The molecular formula is C13H15NO4S. The summed E-state index contributed by atoms with van der Waals surface area (Å²) < 4.78 is 28.8. The van der Waals surface area contributed by atoms with Gasteiger partial charge >= 0.3 is 0 Å². The van der Waals surface area contributed by atoms with Gasteiger partial charge in [-0.2, -0.15) is 8.42 Å². The second kappa shape index (κ2) is 5.57. The Morgan fingerprint density at radius 2 is 2.05 bits per heavy atom. The summed E-state index contributed by atoms with van der Waals surface area (Å²) >= 11 is 0. The summed E-state index contributed by atoms with van der Waals surface area (Å²) in [7, 11) is -3.74. The summed E-state index contributed by atoms with van der Waals surface area (Å²) in [5, 5.41) is 2.88. The van der Waals surface area contributed by atoms with E-state index in [9.17, 15) is 13.2 Å². The third-order valence-corrected chi connectivity index (χ3v) is 4.27. The van der Waals surface area contributed by atoms with Crippen LogP contribution in [0.4, 0.5) is 0 Å². The molecule has 1 aromatic carbocycles. The normalized spacial score (nSPS) is 19.0. The molecule has 0 aliphatic carbocycles. The molecule has 1 saturated heterocycles. The summed E-state index contributed by atoms with van der Waals surface area (Å²) in [6.07, 6.45) is 1.26. The zero-order chi connectivity index (χ0) is 13.9. The second-order valence-electron chi connectivity index (χ2n) is 4.51. The monoisotopic (exact) mass is 281 g/mol. The lowest BCUT2D eigenvalue weighted by atomic mass is 10.2. The van der Waals surface area contributed by atoms with Crippen LogP contribution in [0.5, 0.6) is 0 Å². The average Bonchev–Trinajstić information content (AvgIpc) is 2.85. The Morgan fingerprint density at radius 3 is 2.63 bits per heavy atom. The molecule has 1 N–H and O–H groups in total. The maximum absolute atomic E-state index is 11.9. The molecule has 0 spiro atoms. The summed E-state index contributed by atoms with van der Waals surface area (Å²) in [5.74, 6) is 1.78. The molecule has 0 amide bonds. The van der Waals surface area contributed by atoms with E-state index in [0.29, 0.717) is 18.5 Å². The lowest BCUT2D eigenvalue weighted by molar-refractivity contribution is 0.282. The number of aryl methyl sites for hydroxylation is 1. The molecule has 1 fully saturated rings. The fourth-order valence-electron chi connectivity index (χ4n) is 1.86. The van der Waals surface area contributed by atoms with Crippen LogP contribution in [0.3, 0.4) is 0 Å². The average molecular weight is 281 g/mol. The predicted octanol–water partition coefficient (Wildman–Crippen LogP) is 1.17. The Labute approximate surface area is 112 Å². The molecule has 1 aromatic rings. The van der Waals surface area contributed by atoms with Gasteiger partial charge in [0.15, 0.2) is 0 Å². The first-order valence-electron chi connectivity index (χ1n) is 5.98. The maximum atomic E-state index is 11.9. The van der Waals surface area contributed by atoms with E-state index >= 15 is 0 Å². The van der Waals surface area contributed by atoms with Crippen LogP contribution < -0.4 is 5.32 Å². The van der Waals surface area contributed by atoms with Gasteiger partial charge < -0.3 is 5.32 Å². The molecular weight excluding hydrogens is 266 g/mol. The van der Waals surface area contributed by atoms with Crippen molar-refractivity contribution in [3.05, 3.63) is 35.5 Å². The molecule has 0 bridgehead atoms. The number of hydrogen-bond acceptors (Lipinski definition) is 5. The number of allylic oxidation sites excluding steroid dienone is 1. The van der Waals surface area contributed by atoms with Gasteiger partial charge in [0, 0.05) is 6.42 Å². The molecule has 0 unspecified atom stereocenters. The lowest BCUT2D eigenvalue weighted by Crippen LogP contribution is -2.27. The molecule has 5 nitrogen and oxygen atoms in total. The van der Waals surface area contributed by atoms with Gasteiger partial charge in [0.1, 0.15) is 5.94 Å². The first kappa shape index (κ1) is 13.8. The summed E-state index contributed by atoms with van der Waals surface area (Å²) in [6, 6.07) is 6.32. The molecule has 1 aliphatic heterocycles. The Morgan fingerprint density at radius 1 is 1.37 bits per heavy atom. The second-order valence-corrected chi connectivity index (χ2v) is 6.13. The molecule has 6 heteroatoms. The maximum Gasteiger partial charge on any atom is 0.297 e. The fraction of sp³-hybridized carbons (Fsp3) is 0.385. The van der Waals surface area contributed by atoms with Gasteiger partial charge in [-0.15, -0.1) is 0 Å². The van der Waals surface area contributed by atoms with E-state index in [1.807, 2.05) is 6.92 Å². The van der Waals surface area contributed by atoms with E-state index in [1.54, 1.807) is 18.1 Å². The van der Waals surface area contributed by atoms with E-state index < -0.39 is 10.1 Å². The topological polar surface area (TPSA) is 72.5 Å². The van der Waals surface area contributed by atoms with Gasteiger partial charge in [0.05, 0.1) is 23.2 Å². The van der Waals surface area contributed by atoms with Crippen LogP contribution in [-0.2, 0) is 19.1 Å². The van der Waals surface area contributed by atoms with E-state index in [4.69, 9.17) is 4.18 Å². The quantitative estimate of drug-likeness (QED) is 0.662. The minimum atomic E-state index is -3.74. The number of nitrogens with one attached hydrogen (secondary N) is 1. The van der Waals surface area contributed by atoms with Crippen LogP contribution in [0, 0.1) is 6.92 Å². The molecule has 1 heterocycles. The van der Waals surface area contributed by atoms with Gasteiger partial charge in [0.2, 0.25) is 0 Å². The van der Waals surface area contributed by atoms with E-state index in [0.717, 1.165) is 5.56 Å². The number of benzene rings is 1. The highest BCUT2D eigenvalue weighted by molar-refractivity contribution is 7.86. The largest absolute Gasteiger partial charge is 0.374 e.